The van der Waals surface area contributed by atoms with Crippen LogP contribution in [0.1, 0.15) is 45.4 Å². The first-order valence-electron chi connectivity index (χ1n) is 9.69. The van der Waals surface area contributed by atoms with E-state index in [2.05, 4.69) is 11.9 Å². The number of rotatable bonds is 5. The standard InChI is InChI=1S/C19H29N5O3/c1-13-8-5-6-9-14(13)21(2)15(25)10-7-11-24-12-20-17-16(24)18(26)23(4)19(27)22(17)3/h12-14H,5-11H2,1-4H3. The van der Waals surface area contributed by atoms with Gasteiger partial charge in [0, 0.05) is 40.2 Å². The van der Waals surface area contributed by atoms with Gasteiger partial charge in [0.1, 0.15) is 0 Å². The fourth-order valence-corrected chi connectivity index (χ4v) is 4.20. The summed E-state index contributed by atoms with van der Waals surface area (Å²) in [6.07, 6.45) is 7.35. The van der Waals surface area contributed by atoms with Crippen molar-refractivity contribution in [2.75, 3.05) is 7.05 Å². The van der Waals surface area contributed by atoms with E-state index in [-0.39, 0.29) is 11.5 Å². The van der Waals surface area contributed by atoms with Crippen molar-refractivity contribution in [3.63, 3.8) is 0 Å². The van der Waals surface area contributed by atoms with E-state index in [1.54, 1.807) is 17.9 Å². The maximum absolute atomic E-state index is 12.6. The molecule has 0 radical (unpaired) electrons. The quantitative estimate of drug-likeness (QED) is 0.788. The Kier molecular flexibility index (Phi) is 5.53. The smallest absolute Gasteiger partial charge is 0.332 e. The Morgan fingerprint density at radius 3 is 2.63 bits per heavy atom. The lowest BCUT2D eigenvalue weighted by Gasteiger charge is -2.36. The second kappa shape index (κ2) is 7.70. The number of aromatic nitrogens is 4. The number of amides is 1. The number of aryl methyl sites for hydroxylation is 2. The Morgan fingerprint density at radius 2 is 1.93 bits per heavy atom. The van der Waals surface area contributed by atoms with Crippen molar-refractivity contribution in [3.8, 4) is 0 Å². The molecule has 1 amide bonds. The van der Waals surface area contributed by atoms with E-state index in [4.69, 9.17) is 0 Å². The van der Waals surface area contributed by atoms with Crippen molar-refractivity contribution in [2.45, 2.75) is 58.0 Å². The van der Waals surface area contributed by atoms with E-state index in [9.17, 15) is 14.4 Å². The van der Waals surface area contributed by atoms with Crippen LogP contribution in [0.25, 0.3) is 11.2 Å². The molecule has 0 aliphatic heterocycles. The van der Waals surface area contributed by atoms with Gasteiger partial charge in [-0.25, -0.2) is 9.78 Å². The Balaban J connectivity index is 1.68. The average molecular weight is 375 g/mol. The molecule has 148 valence electrons. The molecule has 0 bridgehead atoms. The highest BCUT2D eigenvalue weighted by Crippen LogP contribution is 2.27. The summed E-state index contributed by atoms with van der Waals surface area (Å²) in [5, 5.41) is 0. The molecule has 8 nitrogen and oxygen atoms in total. The molecular formula is C19H29N5O3. The summed E-state index contributed by atoms with van der Waals surface area (Å²) in [6.45, 7) is 2.75. The van der Waals surface area contributed by atoms with Crippen LogP contribution >= 0.6 is 0 Å². The van der Waals surface area contributed by atoms with Gasteiger partial charge in [-0.1, -0.05) is 19.8 Å². The molecule has 2 aromatic rings. The van der Waals surface area contributed by atoms with Crippen LogP contribution in [0.2, 0.25) is 0 Å². The molecular weight excluding hydrogens is 346 g/mol. The topological polar surface area (TPSA) is 82.1 Å². The Morgan fingerprint density at radius 1 is 1.22 bits per heavy atom. The first kappa shape index (κ1) is 19.4. The maximum atomic E-state index is 12.6. The third kappa shape index (κ3) is 3.57. The highest BCUT2D eigenvalue weighted by Gasteiger charge is 2.27. The van der Waals surface area contributed by atoms with Crippen LogP contribution in [0, 0.1) is 5.92 Å². The zero-order valence-electron chi connectivity index (χ0n) is 16.6. The summed E-state index contributed by atoms with van der Waals surface area (Å²) >= 11 is 0. The van der Waals surface area contributed by atoms with Crippen molar-refractivity contribution in [1.29, 1.82) is 0 Å². The first-order chi connectivity index (χ1) is 12.8. The lowest BCUT2D eigenvalue weighted by Crippen LogP contribution is -2.42. The van der Waals surface area contributed by atoms with E-state index in [0.717, 1.165) is 11.0 Å². The maximum Gasteiger partial charge on any atom is 0.332 e. The van der Waals surface area contributed by atoms with Crippen LogP contribution in [-0.2, 0) is 25.4 Å². The normalized spacial score (nSPS) is 20.1. The van der Waals surface area contributed by atoms with Gasteiger partial charge in [0.25, 0.3) is 5.56 Å². The molecule has 1 saturated carbocycles. The molecule has 1 aliphatic rings. The molecule has 0 spiro atoms. The van der Waals surface area contributed by atoms with Crippen LogP contribution in [0.4, 0.5) is 0 Å². The van der Waals surface area contributed by atoms with Gasteiger partial charge >= 0.3 is 5.69 Å². The van der Waals surface area contributed by atoms with E-state index < -0.39 is 5.69 Å². The fourth-order valence-electron chi connectivity index (χ4n) is 4.20. The van der Waals surface area contributed by atoms with Crippen molar-refractivity contribution < 1.29 is 4.79 Å². The van der Waals surface area contributed by atoms with Gasteiger partial charge in [0.15, 0.2) is 11.2 Å². The van der Waals surface area contributed by atoms with Crippen LogP contribution in [0.3, 0.4) is 0 Å². The number of fused-ring (bicyclic) bond motifs is 1. The second-order valence-corrected chi connectivity index (χ2v) is 7.75. The average Bonchev–Trinajstić information content (AvgIpc) is 3.08. The summed E-state index contributed by atoms with van der Waals surface area (Å²) < 4.78 is 4.20. The first-order valence-corrected chi connectivity index (χ1v) is 9.69. The molecule has 1 fully saturated rings. The number of imidazole rings is 1. The summed E-state index contributed by atoms with van der Waals surface area (Å²) in [5.74, 6) is 0.702. The van der Waals surface area contributed by atoms with Gasteiger partial charge in [0.05, 0.1) is 6.33 Å². The number of carbonyl (C=O) groups is 1. The van der Waals surface area contributed by atoms with Crippen LogP contribution in [-0.4, -0.2) is 42.6 Å². The van der Waals surface area contributed by atoms with Gasteiger partial charge < -0.3 is 9.47 Å². The third-order valence-electron chi connectivity index (χ3n) is 5.96. The molecule has 0 N–H and O–H groups in total. The minimum Gasteiger partial charge on any atom is -0.343 e. The Labute approximate surface area is 158 Å². The molecule has 2 unspecified atom stereocenters. The fraction of sp³-hybridized carbons (Fsp3) is 0.684. The molecule has 3 rings (SSSR count). The molecule has 1 aliphatic carbocycles. The predicted molar refractivity (Wildman–Crippen MR) is 104 cm³/mol. The highest BCUT2D eigenvalue weighted by atomic mass is 16.2. The molecule has 0 aromatic carbocycles. The van der Waals surface area contributed by atoms with E-state index in [1.807, 2.05) is 11.9 Å². The lowest BCUT2D eigenvalue weighted by molar-refractivity contribution is -0.133. The van der Waals surface area contributed by atoms with Crippen molar-refractivity contribution >= 4 is 17.1 Å². The van der Waals surface area contributed by atoms with Gasteiger partial charge in [0.2, 0.25) is 5.91 Å². The van der Waals surface area contributed by atoms with Crippen molar-refractivity contribution in [3.05, 3.63) is 27.2 Å². The minimum absolute atomic E-state index is 0.151. The third-order valence-corrected chi connectivity index (χ3v) is 5.96. The van der Waals surface area contributed by atoms with Gasteiger partial charge in [-0.05, 0) is 25.2 Å². The Bertz CT molecular complexity index is 955. The van der Waals surface area contributed by atoms with Crippen LogP contribution in [0.5, 0.6) is 0 Å². The van der Waals surface area contributed by atoms with Crippen molar-refractivity contribution in [2.24, 2.45) is 20.0 Å². The van der Waals surface area contributed by atoms with Gasteiger partial charge in [-0.3, -0.25) is 18.7 Å². The molecule has 2 aromatic heterocycles. The molecule has 0 saturated heterocycles. The monoisotopic (exact) mass is 375 g/mol. The number of carbonyl (C=O) groups excluding carboxylic acids is 1. The summed E-state index contributed by atoms with van der Waals surface area (Å²) in [7, 11) is 4.98. The SMILES string of the molecule is CC1CCCCC1N(C)C(=O)CCCn1cnc2c1c(=O)n(C)c(=O)n2C. The second-order valence-electron chi connectivity index (χ2n) is 7.75. The summed E-state index contributed by atoms with van der Waals surface area (Å²) in [4.78, 5) is 43.2. The Hall–Kier alpha value is -2.38. The van der Waals surface area contributed by atoms with Gasteiger partial charge in [-0.2, -0.15) is 0 Å². The van der Waals surface area contributed by atoms with Crippen molar-refractivity contribution in [1.82, 2.24) is 23.6 Å². The minimum atomic E-state index is -0.392. The lowest BCUT2D eigenvalue weighted by atomic mass is 9.85. The molecule has 2 heterocycles. The van der Waals surface area contributed by atoms with E-state index >= 15 is 0 Å². The highest BCUT2D eigenvalue weighted by molar-refractivity contribution is 5.76. The zero-order chi connectivity index (χ0) is 19.7. The molecule has 2 atom stereocenters. The summed E-state index contributed by atoms with van der Waals surface area (Å²) in [6, 6.07) is 0.335. The summed E-state index contributed by atoms with van der Waals surface area (Å²) in [5.41, 5.74) is 0.0325. The van der Waals surface area contributed by atoms with E-state index in [0.29, 0.717) is 42.5 Å². The zero-order valence-corrected chi connectivity index (χ0v) is 16.6. The van der Waals surface area contributed by atoms with E-state index in [1.165, 1.54) is 30.9 Å². The number of hydrogen-bond donors (Lipinski definition) is 0. The van der Waals surface area contributed by atoms with Gasteiger partial charge in [-0.15, -0.1) is 0 Å². The van der Waals surface area contributed by atoms with Crippen LogP contribution < -0.4 is 11.2 Å². The van der Waals surface area contributed by atoms with Crippen LogP contribution in [0.15, 0.2) is 15.9 Å². The largest absolute Gasteiger partial charge is 0.343 e. The number of hydrogen-bond acceptors (Lipinski definition) is 4. The molecule has 8 heteroatoms. The predicted octanol–water partition coefficient (Wildman–Crippen LogP) is 1.25. The molecule has 27 heavy (non-hydrogen) atoms. The number of nitrogens with zero attached hydrogens (tertiary/aromatic N) is 5.